The normalized spacial score (nSPS) is 10.9. The second kappa shape index (κ2) is 4.44. The van der Waals surface area contributed by atoms with Crippen LogP contribution in [0.25, 0.3) is 16.9 Å². The summed E-state index contributed by atoms with van der Waals surface area (Å²) in [6, 6.07) is 8.65. The SMILES string of the molecule is Cc1ccc(-c2nn3c(N)cc(N)nc3c2[N+](=O)[O-])cc1. The second-order valence-corrected chi connectivity index (χ2v) is 4.66. The summed E-state index contributed by atoms with van der Waals surface area (Å²) in [5.74, 6) is 0.303. The number of aromatic nitrogens is 3. The van der Waals surface area contributed by atoms with Crippen molar-refractivity contribution in [1.82, 2.24) is 14.6 Å². The van der Waals surface area contributed by atoms with E-state index in [4.69, 9.17) is 11.5 Å². The monoisotopic (exact) mass is 284 g/mol. The largest absolute Gasteiger partial charge is 0.384 e. The molecule has 0 saturated carbocycles. The van der Waals surface area contributed by atoms with Gasteiger partial charge in [0.2, 0.25) is 5.65 Å². The topological polar surface area (TPSA) is 125 Å². The predicted molar refractivity (Wildman–Crippen MR) is 78.6 cm³/mol. The molecule has 106 valence electrons. The summed E-state index contributed by atoms with van der Waals surface area (Å²) in [5, 5.41) is 15.6. The Labute approximate surface area is 119 Å². The number of rotatable bonds is 2. The molecule has 0 bridgehead atoms. The van der Waals surface area contributed by atoms with Crippen LogP contribution in [0.3, 0.4) is 0 Å². The van der Waals surface area contributed by atoms with Gasteiger partial charge in [-0.05, 0) is 6.92 Å². The lowest BCUT2D eigenvalue weighted by atomic mass is 10.1. The van der Waals surface area contributed by atoms with Crippen molar-refractivity contribution in [3.63, 3.8) is 0 Å². The van der Waals surface area contributed by atoms with Crippen molar-refractivity contribution in [2.75, 3.05) is 11.5 Å². The minimum Gasteiger partial charge on any atom is -0.384 e. The molecule has 2 heterocycles. The van der Waals surface area contributed by atoms with Gasteiger partial charge in [-0.25, -0.2) is 4.98 Å². The van der Waals surface area contributed by atoms with Gasteiger partial charge in [0, 0.05) is 11.6 Å². The number of benzene rings is 1. The minimum absolute atomic E-state index is 0.0353. The van der Waals surface area contributed by atoms with Crippen LogP contribution in [0.2, 0.25) is 0 Å². The Bertz CT molecular complexity index is 853. The Balaban J connectivity index is 2.37. The number of fused-ring (bicyclic) bond motifs is 1. The van der Waals surface area contributed by atoms with Crippen molar-refractivity contribution >= 4 is 23.0 Å². The molecule has 21 heavy (non-hydrogen) atoms. The van der Waals surface area contributed by atoms with Crippen LogP contribution in [-0.4, -0.2) is 19.5 Å². The van der Waals surface area contributed by atoms with Gasteiger partial charge in [0.05, 0.1) is 4.92 Å². The molecule has 2 aromatic heterocycles. The summed E-state index contributed by atoms with van der Waals surface area (Å²) in [6.45, 7) is 1.93. The second-order valence-electron chi connectivity index (χ2n) is 4.66. The van der Waals surface area contributed by atoms with Crippen molar-refractivity contribution < 1.29 is 4.92 Å². The van der Waals surface area contributed by atoms with Crippen LogP contribution in [0.1, 0.15) is 5.56 Å². The molecule has 0 amide bonds. The van der Waals surface area contributed by atoms with Crippen LogP contribution in [0, 0.1) is 17.0 Å². The van der Waals surface area contributed by atoms with Crippen LogP contribution < -0.4 is 11.5 Å². The predicted octanol–water partition coefficient (Wildman–Crippen LogP) is 1.78. The summed E-state index contributed by atoms with van der Waals surface area (Å²) in [5.41, 5.74) is 13.1. The van der Waals surface area contributed by atoms with E-state index in [-0.39, 0.29) is 28.7 Å². The van der Waals surface area contributed by atoms with Crippen molar-refractivity contribution in [2.24, 2.45) is 0 Å². The smallest absolute Gasteiger partial charge is 0.341 e. The highest BCUT2D eigenvalue weighted by molar-refractivity contribution is 5.81. The molecular weight excluding hydrogens is 272 g/mol. The first-order valence-corrected chi connectivity index (χ1v) is 6.13. The van der Waals surface area contributed by atoms with Gasteiger partial charge >= 0.3 is 5.69 Å². The highest BCUT2D eigenvalue weighted by Gasteiger charge is 2.27. The average Bonchev–Trinajstić information content (AvgIpc) is 2.79. The Morgan fingerprint density at radius 1 is 1.24 bits per heavy atom. The number of anilines is 2. The van der Waals surface area contributed by atoms with Gasteiger partial charge in [-0.3, -0.25) is 10.1 Å². The molecule has 0 aliphatic carbocycles. The molecule has 0 aliphatic rings. The Hall–Kier alpha value is -3.16. The molecule has 3 rings (SSSR count). The van der Waals surface area contributed by atoms with E-state index in [9.17, 15) is 10.1 Å². The number of nitrogens with zero attached hydrogens (tertiary/aromatic N) is 4. The standard InChI is InChI=1S/C13H12N6O2/c1-7-2-4-8(5-3-7)11-12(19(20)21)13-16-9(14)6-10(15)18(13)17-11/h2-6H,15H2,1H3,(H2,14,16). The summed E-state index contributed by atoms with van der Waals surface area (Å²) >= 11 is 0. The maximum atomic E-state index is 11.4. The number of hydrogen-bond acceptors (Lipinski definition) is 6. The van der Waals surface area contributed by atoms with Crippen LogP contribution in [-0.2, 0) is 0 Å². The molecule has 1 aromatic carbocycles. The molecule has 0 radical (unpaired) electrons. The van der Waals surface area contributed by atoms with E-state index < -0.39 is 4.92 Å². The van der Waals surface area contributed by atoms with Crippen molar-refractivity contribution in [1.29, 1.82) is 0 Å². The molecule has 0 unspecified atom stereocenters. The van der Waals surface area contributed by atoms with Gasteiger partial charge in [0.1, 0.15) is 11.6 Å². The van der Waals surface area contributed by atoms with E-state index in [2.05, 4.69) is 10.1 Å². The van der Waals surface area contributed by atoms with Gasteiger partial charge in [0.25, 0.3) is 0 Å². The zero-order valence-corrected chi connectivity index (χ0v) is 11.1. The van der Waals surface area contributed by atoms with E-state index >= 15 is 0 Å². The lowest BCUT2D eigenvalue weighted by Crippen LogP contribution is -2.03. The fraction of sp³-hybridized carbons (Fsp3) is 0.0769. The van der Waals surface area contributed by atoms with E-state index in [0.29, 0.717) is 5.56 Å². The van der Waals surface area contributed by atoms with E-state index in [1.165, 1.54) is 10.6 Å². The van der Waals surface area contributed by atoms with Gasteiger partial charge in [-0.2, -0.15) is 9.61 Å². The van der Waals surface area contributed by atoms with E-state index in [1.54, 1.807) is 12.1 Å². The third-order valence-electron chi connectivity index (χ3n) is 3.12. The zero-order chi connectivity index (χ0) is 15.1. The Morgan fingerprint density at radius 3 is 2.52 bits per heavy atom. The van der Waals surface area contributed by atoms with E-state index in [0.717, 1.165) is 5.56 Å². The maximum Gasteiger partial charge on any atom is 0.341 e. The lowest BCUT2D eigenvalue weighted by molar-refractivity contribution is -0.382. The first kappa shape index (κ1) is 12.9. The van der Waals surface area contributed by atoms with Crippen LogP contribution >= 0.6 is 0 Å². The lowest BCUT2D eigenvalue weighted by Gasteiger charge is -1.98. The molecule has 8 heteroatoms. The van der Waals surface area contributed by atoms with Crippen LogP contribution in [0.4, 0.5) is 17.3 Å². The van der Waals surface area contributed by atoms with Crippen molar-refractivity contribution in [3.8, 4) is 11.3 Å². The molecular formula is C13H12N6O2. The summed E-state index contributed by atoms with van der Waals surface area (Å²) in [4.78, 5) is 14.8. The van der Waals surface area contributed by atoms with E-state index in [1.807, 2.05) is 19.1 Å². The van der Waals surface area contributed by atoms with Crippen molar-refractivity contribution in [3.05, 3.63) is 46.0 Å². The number of nitro groups is 1. The average molecular weight is 284 g/mol. The highest BCUT2D eigenvalue weighted by atomic mass is 16.6. The minimum atomic E-state index is -0.524. The number of nitrogens with two attached hydrogens (primary N) is 2. The molecule has 8 nitrogen and oxygen atoms in total. The fourth-order valence-electron chi connectivity index (χ4n) is 2.12. The molecule has 0 atom stereocenters. The number of nitrogen functional groups attached to an aromatic ring is 2. The molecule has 4 N–H and O–H groups in total. The van der Waals surface area contributed by atoms with Gasteiger partial charge in [0.15, 0.2) is 5.69 Å². The summed E-state index contributed by atoms with van der Waals surface area (Å²) in [7, 11) is 0. The van der Waals surface area contributed by atoms with Gasteiger partial charge in [-0.15, -0.1) is 0 Å². The van der Waals surface area contributed by atoms with Crippen molar-refractivity contribution in [2.45, 2.75) is 6.92 Å². The summed E-state index contributed by atoms with van der Waals surface area (Å²) < 4.78 is 1.23. The first-order chi connectivity index (χ1) is 9.97. The number of aryl methyl sites for hydroxylation is 1. The third-order valence-corrected chi connectivity index (χ3v) is 3.12. The highest BCUT2D eigenvalue weighted by Crippen LogP contribution is 2.33. The zero-order valence-electron chi connectivity index (χ0n) is 11.1. The molecule has 3 aromatic rings. The van der Waals surface area contributed by atoms with Crippen LogP contribution in [0.5, 0.6) is 0 Å². The fourth-order valence-corrected chi connectivity index (χ4v) is 2.12. The maximum absolute atomic E-state index is 11.4. The summed E-state index contributed by atoms with van der Waals surface area (Å²) in [6.07, 6.45) is 0. The Morgan fingerprint density at radius 2 is 1.90 bits per heavy atom. The van der Waals surface area contributed by atoms with Crippen LogP contribution in [0.15, 0.2) is 30.3 Å². The number of hydrogen-bond donors (Lipinski definition) is 2. The third kappa shape index (κ3) is 2.02. The first-order valence-electron chi connectivity index (χ1n) is 6.13. The van der Waals surface area contributed by atoms with Gasteiger partial charge in [-0.1, -0.05) is 29.8 Å². The molecule has 0 aliphatic heterocycles. The quantitative estimate of drug-likeness (QED) is 0.545. The Kier molecular flexibility index (Phi) is 2.72. The van der Waals surface area contributed by atoms with Gasteiger partial charge < -0.3 is 11.5 Å². The molecule has 0 spiro atoms. The molecule has 0 fully saturated rings. The molecule has 0 saturated heterocycles.